The third-order valence-corrected chi connectivity index (χ3v) is 3.35. The van der Waals surface area contributed by atoms with Crippen molar-refractivity contribution in [1.82, 2.24) is 9.78 Å². The van der Waals surface area contributed by atoms with Crippen LogP contribution in [0.25, 0.3) is 0 Å². The number of benzene rings is 1. The number of aromatic nitrogens is 2. The van der Waals surface area contributed by atoms with Crippen molar-refractivity contribution in [3.63, 3.8) is 0 Å². The van der Waals surface area contributed by atoms with E-state index in [0.717, 1.165) is 0 Å². The Bertz CT molecular complexity index is 698. The van der Waals surface area contributed by atoms with Crippen LogP contribution in [0.2, 0.25) is 0 Å². The molecule has 108 valence electrons. The first kappa shape index (κ1) is 14.8. The molecule has 0 amide bonds. The smallest absolute Gasteiger partial charge is 0.188 e. The third kappa shape index (κ3) is 2.79. The van der Waals surface area contributed by atoms with Crippen LogP contribution in [0, 0.1) is 11.3 Å². The summed E-state index contributed by atoms with van der Waals surface area (Å²) in [5.41, 5.74) is 1.79. The van der Waals surface area contributed by atoms with Gasteiger partial charge in [0.2, 0.25) is 0 Å². The van der Waals surface area contributed by atoms with Crippen LogP contribution in [-0.2, 0) is 13.5 Å². The first-order chi connectivity index (χ1) is 10.1. The summed E-state index contributed by atoms with van der Waals surface area (Å²) in [5, 5.41) is 13.7. The maximum atomic E-state index is 12.7. The van der Waals surface area contributed by atoms with Crippen LogP contribution in [0.1, 0.15) is 34.5 Å². The summed E-state index contributed by atoms with van der Waals surface area (Å²) in [6, 6.07) is 9.17. The maximum absolute atomic E-state index is 12.7. The summed E-state index contributed by atoms with van der Waals surface area (Å²) in [5.74, 6) is -0.595. The number of ether oxygens (including phenoxy) is 1. The van der Waals surface area contributed by atoms with E-state index in [9.17, 15) is 10.1 Å². The predicted molar refractivity (Wildman–Crippen MR) is 78.3 cm³/mol. The highest BCUT2D eigenvalue weighted by atomic mass is 16.5. The van der Waals surface area contributed by atoms with Gasteiger partial charge < -0.3 is 4.74 Å². The number of methoxy groups -OCH3 is 1. The van der Waals surface area contributed by atoms with Crippen molar-refractivity contribution in [3.8, 4) is 11.8 Å². The van der Waals surface area contributed by atoms with Crippen LogP contribution in [0.3, 0.4) is 0 Å². The molecule has 5 heteroatoms. The molecule has 0 bridgehead atoms. The van der Waals surface area contributed by atoms with Gasteiger partial charge >= 0.3 is 0 Å². The monoisotopic (exact) mass is 283 g/mol. The summed E-state index contributed by atoms with van der Waals surface area (Å²) in [4.78, 5) is 12.7. The zero-order valence-corrected chi connectivity index (χ0v) is 12.3. The Morgan fingerprint density at radius 1 is 1.48 bits per heavy atom. The topological polar surface area (TPSA) is 67.9 Å². The number of aryl methyl sites for hydroxylation is 2. The van der Waals surface area contributed by atoms with E-state index < -0.39 is 5.92 Å². The second kappa shape index (κ2) is 6.23. The van der Waals surface area contributed by atoms with Gasteiger partial charge in [0.15, 0.2) is 5.78 Å². The quantitative estimate of drug-likeness (QED) is 0.791. The van der Waals surface area contributed by atoms with E-state index in [0.29, 0.717) is 29.0 Å². The lowest BCUT2D eigenvalue weighted by Gasteiger charge is -2.12. The molecule has 2 rings (SSSR count). The van der Waals surface area contributed by atoms with Gasteiger partial charge in [0.1, 0.15) is 11.7 Å². The van der Waals surface area contributed by atoms with Crippen LogP contribution in [0.15, 0.2) is 30.5 Å². The summed E-state index contributed by atoms with van der Waals surface area (Å²) >= 11 is 0. The second-order valence-corrected chi connectivity index (χ2v) is 4.69. The Balaban J connectivity index is 2.46. The van der Waals surface area contributed by atoms with E-state index >= 15 is 0 Å². The molecule has 5 nitrogen and oxygen atoms in total. The van der Waals surface area contributed by atoms with Crippen LogP contribution in [0.4, 0.5) is 0 Å². The molecular weight excluding hydrogens is 266 g/mol. The van der Waals surface area contributed by atoms with Gasteiger partial charge in [-0.15, -0.1) is 0 Å². The lowest BCUT2D eigenvalue weighted by atomic mass is 9.91. The van der Waals surface area contributed by atoms with Gasteiger partial charge in [0, 0.05) is 18.8 Å². The van der Waals surface area contributed by atoms with Gasteiger partial charge in [-0.05, 0) is 12.5 Å². The Kier molecular flexibility index (Phi) is 4.39. The number of nitrogens with zero attached hydrogens (tertiary/aromatic N) is 3. The van der Waals surface area contributed by atoms with Gasteiger partial charge in [-0.2, -0.15) is 10.4 Å². The highest BCUT2D eigenvalue weighted by Crippen LogP contribution is 2.29. The van der Waals surface area contributed by atoms with Gasteiger partial charge in [-0.1, -0.05) is 25.1 Å². The molecule has 1 unspecified atom stereocenters. The fourth-order valence-corrected chi connectivity index (χ4v) is 2.33. The molecule has 0 aliphatic rings. The Morgan fingerprint density at radius 3 is 2.81 bits per heavy atom. The molecule has 0 saturated carbocycles. The summed E-state index contributed by atoms with van der Waals surface area (Å²) in [6.07, 6.45) is 2.31. The number of Topliss-reactive ketones (excluding diaryl/α,β-unsaturated/α-hetero) is 1. The van der Waals surface area contributed by atoms with Crippen molar-refractivity contribution in [2.45, 2.75) is 19.3 Å². The number of para-hydroxylation sites is 1. The zero-order valence-electron chi connectivity index (χ0n) is 12.3. The first-order valence-corrected chi connectivity index (χ1v) is 6.71. The molecule has 1 heterocycles. The minimum atomic E-state index is -0.893. The number of nitriles is 1. The predicted octanol–water partition coefficient (Wildman–Crippen LogP) is 2.48. The van der Waals surface area contributed by atoms with Crippen LogP contribution >= 0.6 is 0 Å². The molecule has 0 radical (unpaired) electrons. The van der Waals surface area contributed by atoms with E-state index in [-0.39, 0.29) is 5.78 Å². The minimum absolute atomic E-state index is 0.244. The van der Waals surface area contributed by atoms with Crippen molar-refractivity contribution in [2.75, 3.05) is 7.11 Å². The van der Waals surface area contributed by atoms with Crippen molar-refractivity contribution in [1.29, 1.82) is 5.26 Å². The maximum Gasteiger partial charge on any atom is 0.188 e. The molecule has 0 aliphatic carbocycles. The Hall–Kier alpha value is -2.61. The van der Waals surface area contributed by atoms with E-state index in [4.69, 9.17) is 4.74 Å². The standard InChI is InChI=1S/C16H17N3O2/c1-4-14-13(10-19(2)18-14)16(20)12(9-17)11-7-5-6-8-15(11)21-3/h5-8,10,12H,4H2,1-3H3. The number of hydrogen-bond donors (Lipinski definition) is 0. The average molecular weight is 283 g/mol. The van der Waals surface area contributed by atoms with Gasteiger partial charge in [0.05, 0.1) is 24.4 Å². The van der Waals surface area contributed by atoms with E-state index in [1.54, 1.807) is 36.1 Å². The molecule has 2 aromatic rings. The van der Waals surface area contributed by atoms with Crippen molar-refractivity contribution in [3.05, 3.63) is 47.3 Å². The molecule has 0 saturated heterocycles. The number of rotatable bonds is 5. The van der Waals surface area contributed by atoms with Gasteiger partial charge in [0.25, 0.3) is 0 Å². The highest BCUT2D eigenvalue weighted by molar-refractivity contribution is 6.03. The summed E-state index contributed by atoms with van der Waals surface area (Å²) in [6.45, 7) is 1.93. The number of ketones is 1. The zero-order chi connectivity index (χ0) is 15.4. The lowest BCUT2D eigenvalue weighted by molar-refractivity contribution is 0.0977. The number of carbonyl (C=O) groups is 1. The average Bonchev–Trinajstić information content (AvgIpc) is 2.89. The van der Waals surface area contributed by atoms with Crippen LogP contribution in [0.5, 0.6) is 5.75 Å². The second-order valence-electron chi connectivity index (χ2n) is 4.69. The van der Waals surface area contributed by atoms with E-state index in [2.05, 4.69) is 11.2 Å². The number of hydrogen-bond acceptors (Lipinski definition) is 4. The van der Waals surface area contributed by atoms with Crippen molar-refractivity contribution < 1.29 is 9.53 Å². The minimum Gasteiger partial charge on any atom is -0.496 e. The summed E-state index contributed by atoms with van der Waals surface area (Å²) < 4.78 is 6.85. The van der Waals surface area contributed by atoms with Crippen molar-refractivity contribution >= 4 is 5.78 Å². The molecule has 1 aromatic carbocycles. The summed E-state index contributed by atoms with van der Waals surface area (Å²) in [7, 11) is 3.29. The Morgan fingerprint density at radius 2 is 2.19 bits per heavy atom. The first-order valence-electron chi connectivity index (χ1n) is 6.71. The fourth-order valence-electron chi connectivity index (χ4n) is 2.33. The Labute approximate surface area is 123 Å². The molecule has 0 N–H and O–H groups in total. The third-order valence-electron chi connectivity index (χ3n) is 3.35. The van der Waals surface area contributed by atoms with Crippen LogP contribution < -0.4 is 4.74 Å². The molecule has 0 spiro atoms. The normalized spacial score (nSPS) is 11.7. The fraction of sp³-hybridized carbons (Fsp3) is 0.312. The van der Waals surface area contributed by atoms with E-state index in [1.807, 2.05) is 13.0 Å². The SMILES string of the molecule is CCc1nn(C)cc1C(=O)C(C#N)c1ccccc1OC. The van der Waals surface area contributed by atoms with Gasteiger partial charge in [-0.25, -0.2) is 0 Å². The highest BCUT2D eigenvalue weighted by Gasteiger charge is 2.27. The largest absolute Gasteiger partial charge is 0.496 e. The molecule has 21 heavy (non-hydrogen) atoms. The molecule has 1 aromatic heterocycles. The molecule has 1 atom stereocenters. The van der Waals surface area contributed by atoms with E-state index in [1.165, 1.54) is 7.11 Å². The van der Waals surface area contributed by atoms with Crippen molar-refractivity contribution in [2.24, 2.45) is 7.05 Å². The molecular formula is C16H17N3O2. The number of carbonyl (C=O) groups excluding carboxylic acids is 1. The molecule has 0 fully saturated rings. The van der Waals surface area contributed by atoms with Crippen LogP contribution in [-0.4, -0.2) is 22.7 Å². The lowest BCUT2D eigenvalue weighted by Crippen LogP contribution is -2.13. The van der Waals surface area contributed by atoms with Gasteiger partial charge in [-0.3, -0.25) is 9.48 Å². The molecule has 0 aliphatic heterocycles.